The fourth-order valence-electron chi connectivity index (χ4n) is 1.01. The van der Waals surface area contributed by atoms with Crippen molar-refractivity contribution in [2.24, 2.45) is 4.99 Å². The van der Waals surface area contributed by atoms with Gasteiger partial charge in [0.1, 0.15) is 0 Å². The van der Waals surface area contributed by atoms with Gasteiger partial charge in [0, 0.05) is 11.6 Å². The van der Waals surface area contributed by atoms with Crippen LogP contribution in [0.25, 0.3) is 0 Å². The largest absolute Gasteiger partial charge is 0.270 e. The van der Waals surface area contributed by atoms with Crippen LogP contribution in [0.15, 0.2) is 16.6 Å². The van der Waals surface area contributed by atoms with Crippen LogP contribution in [0.2, 0.25) is 0 Å². The third-order valence-corrected chi connectivity index (χ3v) is 2.87. The molecule has 0 bridgehead atoms. The summed E-state index contributed by atoms with van der Waals surface area (Å²) in [5.41, 5.74) is 0. The van der Waals surface area contributed by atoms with Crippen LogP contribution in [0.3, 0.4) is 0 Å². The highest BCUT2D eigenvalue weighted by Crippen LogP contribution is 2.09. The van der Waals surface area contributed by atoms with Crippen LogP contribution >= 0.6 is 0 Å². The van der Waals surface area contributed by atoms with Crippen molar-refractivity contribution in [1.29, 1.82) is 4.78 Å². The summed E-state index contributed by atoms with van der Waals surface area (Å²) in [7, 11) is -0.395. The van der Waals surface area contributed by atoms with Gasteiger partial charge >= 0.3 is 0 Å². The zero-order valence-electron chi connectivity index (χ0n) is 6.84. The maximum absolute atomic E-state index is 7.53. The highest BCUT2D eigenvalue weighted by Gasteiger charge is 2.05. The van der Waals surface area contributed by atoms with E-state index in [1.165, 1.54) is 19.3 Å². The molecule has 0 aromatic carbocycles. The van der Waals surface area contributed by atoms with Crippen molar-refractivity contribution in [2.75, 3.05) is 0 Å². The molecule has 1 aliphatic rings. The minimum absolute atomic E-state index is 0.395. The van der Waals surface area contributed by atoms with E-state index in [1.54, 1.807) is 6.20 Å². The van der Waals surface area contributed by atoms with Gasteiger partial charge in [0.2, 0.25) is 0 Å². The lowest BCUT2D eigenvalue weighted by Gasteiger charge is -1.99. The van der Waals surface area contributed by atoms with E-state index in [1.807, 2.05) is 5.41 Å². The molecule has 62 valence electrons. The molecule has 0 aromatic rings. The van der Waals surface area contributed by atoms with Gasteiger partial charge in [-0.3, -0.25) is 9.77 Å². The molecule has 0 aromatic heterocycles. The molecule has 0 saturated heterocycles. The highest BCUT2D eigenvalue weighted by molar-refractivity contribution is 8.04. The van der Waals surface area contributed by atoms with Crippen molar-refractivity contribution >= 4 is 15.7 Å². The first-order chi connectivity index (χ1) is 5.34. The molecule has 11 heavy (non-hydrogen) atoms. The average Bonchev–Trinajstić information content (AvgIpc) is 2.37. The molecule has 0 saturated carbocycles. The number of nitrogens with zero attached hydrogens (tertiary/aromatic N) is 1. The van der Waals surface area contributed by atoms with Crippen molar-refractivity contribution in [2.45, 2.75) is 32.6 Å². The Morgan fingerprint density at radius 3 is 2.91 bits per heavy atom. The molecule has 1 rings (SSSR count). The van der Waals surface area contributed by atoms with Crippen molar-refractivity contribution in [3.05, 3.63) is 11.6 Å². The van der Waals surface area contributed by atoms with Crippen molar-refractivity contribution < 1.29 is 0 Å². The molecular weight excluding hydrogens is 156 g/mol. The van der Waals surface area contributed by atoms with E-state index in [4.69, 9.17) is 4.78 Å². The Morgan fingerprint density at radius 1 is 1.55 bits per heavy atom. The predicted molar refractivity (Wildman–Crippen MR) is 50.8 cm³/mol. The number of nitrogens with one attached hydrogen (secondary N) is 1. The summed E-state index contributed by atoms with van der Waals surface area (Å²) < 4.78 is 7.53. The second-order valence-corrected chi connectivity index (χ2v) is 4.02. The van der Waals surface area contributed by atoms with Gasteiger partial charge < -0.3 is 0 Å². The lowest BCUT2D eigenvalue weighted by Crippen LogP contribution is -1.98. The maximum Gasteiger partial charge on any atom is 0.0877 e. The van der Waals surface area contributed by atoms with E-state index in [0.717, 1.165) is 11.5 Å². The standard InChI is InChI=1S/C8H14N2S/c1-2-3-4-5-8-10-6-7-11(8)9/h6-7,9H,2-5H2,1H3. The number of hydrogen-bond acceptors (Lipinski definition) is 2. The van der Waals surface area contributed by atoms with Gasteiger partial charge in [-0.2, -0.15) is 0 Å². The quantitative estimate of drug-likeness (QED) is 0.630. The van der Waals surface area contributed by atoms with Crippen LogP contribution in [0, 0.1) is 4.78 Å². The Balaban J connectivity index is 2.23. The topological polar surface area (TPSA) is 36.2 Å². The first-order valence-corrected chi connectivity index (χ1v) is 5.31. The molecule has 1 atom stereocenters. The number of unbranched alkanes of at least 4 members (excludes halogenated alkanes) is 2. The monoisotopic (exact) mass is 170 g/mol. The number of hydrogen-bond donors (Lipinski definition) is 1. The molecule has 0 aliphatic carbocycles. The van der Waals surface area contributed by atoms with E-state index >= 15 is 0 Å². The lowest BCUT2D eigenvalue weighted by molar-refractivity contribution is 0.745. The molecule has 3 heteroatoms. The summed E-state index contributed by atoms with van der Waals surface area (Å²) in [6, 6.07) is 0. The fraction of sp³-hybridized carbons (Fsp3) is 0.625. The van der Waals surface area contributed by atoms with Gasteiger partial charge in [0.25, 0.3) is 0 Å². The second kappa shape index (κ2) is 4.44. The Bertz CT molecular complexity index is 206. The third-order valence-electron chi connectivity index (χ3n) is 1.66. The van der Waals surface area contributed by atoms with Gasteiger partial charge in [-0.25, -0.2) is 0 Å². The maximum atomic E-state index is 7.53. The Hall–Kier alpha value is -0.440. The van der Waals surface area contributed by atoms with E-state index < -0.39 is 10.7 Å². The Morgan fingerprint density at radius 2 is 2.36 bits per heavy atom. The van der Waals surface area contributed by atoms with E-state index in [2.05, 4.69) is 11.9 Å². The third kappa shape index (κ3) is 2.58. The molecule has 0 amide bonds. The SMILES string of the molecule is CCCCCC1=NC=CS1=N. The van der Waals surface area contributed by atoms with Gasteiger partial charge in [0.05, 0.1) is 5.04 Å². The molecule has 2 nitrogen and oxygen atoms in total. The normalized spacial score (nSPS) is 22.3. The average molecular weight is 170 g/mol. The van der Waals surface area contributed by atoms with E-state index in [9.17, 15) is 0 Å². The number of rotatable bonds is 4. The summed E-state index contributed by atoms with van der Waals surface area (Å²) in [6.45, 7) is 2.19. The van der Waals surface area contributed by atoms with Gasteiger partial charge in [-0.05, 0) is 23.5 Å². The van der Waals surface area contributed by atoms with Gasteiger partial charge in [-0.15, -0.1) is 0 Å². The predicted octanol–water partition coefficient (Wildman–Crippen LogP) is 2.83. The van der Waals surface area contributed by atoms with Crippen LogP contribution in [0.4, 0.5) is 0 Å². The first kappa shape index (κ1) is 8.65. The minimum atomic E-state index is -0.395. The molecule has 1 N–H and O–H groups in total. The molecule has 0 spiro atoms. The summed E-state index contributed by atoms with van der Waals surface area (Å²) in [4.78, 5) is 4.15. The van der Waals surface area contributed by atoms with Crippen LogP contribution in [0.5, 0.6) is 0 Å². The van der Waals surface area contributed by atoms with Crippen LogP contribution in [-0.2, 0) is 10.7 Å². The van der Waals surface area contributed by atoms with E-state index in [-0.39, 0.29) is 0 Å². The lowest BCUT2D eigenvalue weighted by atomic mass is 10.2. The summed E-state index contributed by atoms with van der Waals surface area (Å²) in [5.74, 6) is 0. The zero-order chi connectivity index (χ0) is 8.10. The van der Waals surface area contributed by atoms with Crippen molar-refractivity contribution in [3.8, 4) is 0 Å². The summed E-state index contributed by atoms with van der Waals surface area (Å²) in [6.07, 6.45) is 6.48. The molecule has 1 heterocycles. The molecule has 1 aliphatic heterocycles. The smallest absolute Gasteiger partial charge is 0.0877 e. The van der Waals surface area contributed by atoms with Gasteiger partial charge in [0.15, 0.2) is 0 Å². The Kier molecular flexibility index (Phi) is 3.49. The van der Waals surface area contributed by atoms with Crippen molar-refractivity contribution in [1.82, 2.24) is 0 Å². The summed E-state index contributed by atoms with van der Waals surface area (Å²) in [5, 5.41) is 2.93. The molecule has 0 radical (unpaired) electrons. The van der Waals surface area contributed by atoms with Crippen LogP contribution in [0.1, 0.15) is 32.6 Å². The zero-order valence-corrected chi connectivity index (χ0v) is 7.66. The minimum Gasteiger partial charge on any atom is -0.270 e. The second-order valence-electron chi connectivity index (χ2n) is 2.60. The van der Waals surface area contributed by atoms with Crippen LogP contribution < -0.4 is 0 Å². The molecule has 0 fully saturated rings. The summed E-state index contributed by atoms with van der Waals surface area (Å²) >= 11 is 0. The molecular formula is C8H14N2S. The highest BCUT2D eigenvalue weighted by atomic mass is 32.2. The van der Waals surface area contributed by atoms with Crippen molar-refractivity contribution in [3.63, 3.8) is 0 Å². The first-order valence-electron chi connectivity index (χ1n) is 4.02. The van der Waals surface area contributed by atoms with Crippen LogP contribution in [-0.4, -0.2) is 5.04 Å². The van der Waals surface area contributed by atoms with E-state index in [0.29, 0.717) is 0 Å². The Labute approximate surface area is 70.3 Å². The van der Waals surface area contributed by atoms with Gasteiger partial charge in [-0.1, -0.05) is 19.8 Å². The fourth-order valence-corrected chi connectivity index (χ4v) is 1.89. The molecule has 1 unspecified atom stereocenters. The number of aliphatic imine (C=N–C) groups is 1.